The summed E-state index contributed by atoms with van der Waals surface area (Å²) in [4.78, 5) is 26.2. The Bertz CT molecular complexity index is 712. The molecule has 0 unspecified atom stereocenters. The van der Waals surface area contributed by atoms with E-state index < -0.39 is 5.97 Å². The van der Waals surface area contributed by atoms with Gasteiger partial charge in [-0.05, 0) is 42.3 Å². The van der Waals surface area contributed by atoms with Crippen molar-refractivity contribution in [3.8, 4) is 5.75 Å². The molecule has 2 rings (SSSR count). The van der Waals surface area contributed by atoms with Crippen LogP contribution >= 0.6 is 0 Å². The standard InChI is InChI=1S/C19H20N2O4/c22-18(21-13-3-5-19(23)24)14-25-17-10-7-15(8-11-17)6-9-16-4-1-2-12-20-16/h1-2,4,6-12H,3,5,13-14H2,(H,21,22)(H,23,24)/b9-6+. The average Bonchev–Trinajstić information content (AvgIpc) is 2.63. The van der Waals surface area contributed by atoms with Crippen molar-refractivity contribution in [3.63, 3.8) is 0 Å². The third-order valence-corrected chi connectivity index (χ3v) is 3.27. The molecule has 0 saturated carbocycles. The third-order valence-electron chi connectivity index (χ3n) is 3.27. The van der Waals surface area contributed by atoms with E-state index in [1.807, 2.05) is 42.5 Å². The van der Waals surface area contributed by atoms with Gasteiger partial charge in [0, 0.05) is 19.2 Å². The Morgan fingerprint density at radius 1 is 1.12 bits per heavy atom. The van der Waals surface area contributed by atoms with Crippen LogP contribution in [0.4, 0.5) is 0 Å². The van der Waals surface area contributed by atoms with Crippen molar-refractivity contribution < 1.29 is 19.4 Å². The van der Waals surface area contributed by atoms with Gasteiger partial charge >= 0.3 is 5.97 Å². The number of hydrogen-bond acceptors (Lipinski definition) is 4. The summed E-state index contributed by atoms with van der Waals surface area (Å²) in [6.45, 7) is 0.224. The highest BCUT2D eigenvalue weighted by Gasteiger charge is 2.03. The number of hydrogen-bond donors (Lipinski definition) is 2. The van der Waals surface area contributed by atoms with Crippen LogP contribution in [-0.4, -0.2) is 35.1 Å². The second kappa shape index (κ2) is 9.87. The zero-order chi connectivity index (χ0) is 17.9. The summed E-state index contributed by atoms with van der Waals surface area (Å²) in [5, 5.41) is 11.1. The highest BCUT2D eigenvalue weighted by Crippen LogP contribution is 2.14. The van der Waals surface area contributed by atoms with Crippen molar-refractivity contribution in [1.29, 1.82) is 0 Å². The van der Waals surface area contributed by atoms with Crippen LogP contribution in [0.2, 0.25) is 0 Å². The van der Waals surface area contributed by atoms with E-state index >= 15 is 0 Å². The summed E-state index contributed by atoms with van der Waals surface area (Å²) in [7, 11) is 0. The predicted molar refractivity (Wildman–Crippen MR) is 95.0 cm³/mol. The monoisotopic (exact) mass is 340 g/mol. The zero-order valence-corrected chi connectivity index (χ0v) is 13.7. The minimum absolute atomic E-state index is 0.0363. The number of nitrogens with zero attached hydrogens (tertiary/aromatic N) is 1. The van der Waals surface area contributed by atoms with Gasteiger partial charge in [0.05, 0.1) is 5.69 Å². The molecule has 2 aromatic rings. The van der Waals surface area contributed by atoms with E-state index in [4.69, 9.17) is 9.84 Å². The van der Waals surface area contributed by atoms with Crippen molar-refractivity contribution in [2.75, 3.05) is 13.2 Å². The molecule has 1 aromatic carbocycles. The number of benzene rings is 1. The Balaban J connectivity index is 1.74. The molecule has 2 N–H and O–H groups in total. The molecule has 0 aliphatic heterocycles. The molecule has 0 spiro atoms. The molecule has 1 amide bonds. The molecule has 0 atom stereocenters. The molecule has 1 aromatic heterocycles. The van der Waals surface area contributed by atoms with Crippen molar-refractivity contribution in [1.82, 2.24) is 10.3 Å². The number of rotatable bonds is 9. The van der Waals surface area contributed by atoms with E-state index in [9.17, 15) is 9.59 Å². The van der Waals surface area contributed by atoms with E-state index in [1.165, 1.54) is 0 Å². The molecule has 130 valence electrons. The van der Waals surface area contributed by atoms with E-state index in [0.717, 1.165) is 11.3 Å². The molecule has 6 heteroatoms. The molecule has 0 fully saturated rings. The fourth-order valence-electron chi connectivity index (χ4n) is 2.00. The van der Waals surface area contributed by atoms with Gasteiger partial charge in [0.15, 0.2) is 6.61 Å². The number of carbonyl (C=O) groups excluding carboxylic acids is 1. The Morgan fingerprint density at radius 3 is 2.60 bits per heavy atom. The van der Waals surface area contributed by atoms with Crippen molar-refractivity contribution in [3.05, 3.63) is 59.9 Å². The first kappa shape index (κ1) is 18.2. The Kier molecular flexibility index (Phi) is 7.18. The van der Waals surface area contributed by atoms with Gasteiger partial charge in [-0.25, -0.2) is 0 Å². The second-order valence-electron chi connectivity index (χ2n) is 5.29. The van der Waals surface area contributed by atoms with E-state index in [1.54, 1.807) is 18.3 Å². The lowest BCUT2D eigenvalue weighted by Gasteiger charge is -2.07. The average molecular weight is 340 g/mol. The van der Waals surface area contributed by atoms with E-state index in [0.29, 0.717) is 18.7 Å². The predicted octanol–water partition coefficient (Wildman–Crippen LogP) is 2.61. The molecular formula is C19H20N2O4. The molecule has 0 saturated heterocycles. The highest BCUT2D eigenvalue weighted by atomic mass is 16.5. The quantitative estimate of drug-likeness (QED) is 0.685. The van der Waals surface area contributed by atoms with Crippen LogP contribution in [0.15, 0.2) is 48.7 Å². The van der Waals surface area contributed by atoms with Crippen LogP contribution in [0.1, 0.15) is 24.1 Å². The molecule has 0 bridgehead atoms. The first-order valence-corrected chi connectivity index (χ1v) is 7.94. The summed E-state index contributed by atoms with van der Waals surface area (Å²) >= 11 is 0. The van der Waals surface area contributed by atoms with Crippen molar-refractivity contribution >= 4 is 24.0 Å². The first-order chi connectivity index (χ1) is 12.1. The maximum Gasteiger partial charge on any atom is 0.303 e. The molecule has 0 aliphatic carbocycles. The minimum atomic E-state index is -0.873. The van der Waals surface area contributed by atoms with Gasteiger partial charge in [-0.3, -0.25) is 14.6 Å². The largest absolute Gasteiger partial charge is 0.484 e. The van der Waals surface area contributed by atoms with Gasteiger partial charge in [-0.2, -0.15) is 0 Å². The van der Waals surface area contributed by atoms with Crippen LogP contribution in [0, 0.1) is 0 Å². The number of aliphatic carboxylic acids is 1. The number of carboxylic acids is 1. The number of nitrogens with one attached hydrogen (secondary N) is 1. The highest BCUT2D eigenvalue weighted by molar-refractivity contribution is 5.77. The number of aromatic nitrogens is 1. The number of carbonyl (C=O) groups is 2. The molecule has 6 nitrogen and oxygen atoms in total. The van der Waals surface area contributed by atoms with Crippen LogP contribution in [0.5, 0.6) is 5.75 Å². The first-order valence-electron chi connectivity index (χ1n) is 7.94. The molecular weight excluding hydrogens is 320 g/mol. The van der Waals surface area contributed by atoms with Crippen LogP contribution < -0.4 is 10.1 Å². The zero-order valence-electron chi connectivity index (χ0n) is 13.7. The Hall–Kier alpha value is -3.15. The Morgan fingerprint density at radius 2 is 1.92 bits per heavy atom. The van der Waals surface area contributed by atoms with Crippen molar-refractivity contribution in [2.24, 2.45) is 0 Å². The number of ether oxygens (including phenoxy) is 1. The lowest BCUT2D eigenvalue weighted by molar-refractivity contribution is -0.137. The minimum Gasteiger partial charge on any atom is -0.484 e. The molecule has 0 radical (unpaired) electrons. The Labute approximate surface area is 146 Å². The number of carboxylic acid groups (broad SMARTS) is 1. The van der Waals surface area contributed by atoms with Crippen molar-refractivity contribution in [2.45, 2.75) is 12.8 Å². The molecule has 0 aliphatic rings. The summed E-state index contributed by atoms with van der Waals surface area (Å²) in [6, 6.07) is 13.1. The van der Waals surface area contributed by atoms with Gasteiger partial charge in [0.25, 0.3) is 5.91 Å². The maximum absolute atomic E-state index is 11.6. The van der Waals surface area contributed by atoms with Gasteiger partial charge in [0.1, 0.15) is 5.75 Å². The van der Waals surface area contributed by atoms with Crippen LogP contribution in [-0.2, 0) is 9.59 Å². The van der Waals surface area contributed by atoms with E-state index in [-0.39, 0.29) is 18.9 Å². The van der Waals surface area contributed by atoms with Gasteiger partial charge in [-0.1, -0.05) is 24.3 Å². The summed E-state index contributed by atoms with van der Waals surface area (Å²) < 4.78 is 5.40. The van der Waals surface area contributed by atoms with Crippen LogP contribution in [0.3, 0.4) is 0 Å². The fraction of sp³-hybridized carbons (Fsp3) is 0.211. The summed E-state index contributed by atoms with van der Waals surface area (Å²) in [6.07, 6.45) is 6.04. The number of pyridine rings is 1. The molecule has 1 heterocycles. The third kappa shape index (κ3) is 7.30. The van der Waals surface area contributed by atoms with Gasteiger partial charge in [-0.15, -0.1) is 0 Å². The topological polar surface area (TPSA) is 88.5 Å². The second-order valence-corrected chi connectivity index (χ2v) is 5.29. The lowest BCUT2D eigenvalue weighted by Crippen LogP contribution is -2.29. The summed E-state index contributed by atoms with van der Waals surface area (Å²) in [5.41, 5.74) is 1.87. The van der Waals surface area contributed by atoms with Crippen LogP contribution in [0.25, 0.3) is 12.2 Å². The van der Waals surface area contributed by atoms with Gasteiger partial charge in [0.2, 0.25) is 0 Å². The van der Waals surface area contributed by atoms with Gasteiger partial charge < -0.3 is 15.2 Å². The van der Waals surface area contributed by atoms with E-state index in [2.05, 4.69) is 10.3 Å². The lowest BCUT2D eigenvalue weighted by atomic mass is 10.2. The summed E-state index contributed by atoms with van der Waals surface area (Å²) in [5.74, 6) is -0.553. The SMILES string of the molecule is O=C(O)CCCNC(=O)COc1ccc(/C=C/c2ccccn2)cc1. The smallest absolute Gasteiger partial charge is 0.303 e. The maximum atomic E-state index is 11.6. The normalized spacial score (nSPS) is 10.6. The fourth-order valence-corrected chi connectivity index (χ4v) is 2.00. The number of amides is 1. The molecule has 25 heavy (non-hydrogen) atoms.